The van der Waals surface area contributed by atoms with Gasteiger partial charge in [0.05, 0.1) is 10.6 Å². The van der Waals surface area contributed by atoms with E-state index in [1.165, 1.54) is 6.07 Å². The first-order chi connectivity index (χ1) is 9.27. The molecule has 0 aliphatic rings. The SMILES string of the molecule is C=CC(=O)Nc1ccc(S(=O)(=O)[O-])c(NC(=O)C=C)c1.[Na+]. The summed E-state index contributed by atoms with van der Waals surface area (Å²) >= 11 is 0. The van der Waals surface area contributed by atoms with E-state index in [-0.39, 0.29) is 40.9 Å². The minimum atomic E-state index is -4.77. The van der Waals surface area contributed by atoms with E-state index >= 15 is 0 Å². The fourth-order valence-corrected chi connectivity index (χ4v) is 1.91. The molecule has 106 valence electrons. The monoisotopic (exact) mass is 318 g/mol. The van der Waals surface area contributed by atoms with Crippen molar-refractivity contribution in [1.29, 1.82) is 0 Å². The van der Waals surface area contributed by atoms with Crippen molar-refractivity contribution in [2.24, 2.45) is 0 Å². The Hall–Kier alpha value is -1.45. The van der Waals surface area contributed by atoms with Crippen molar-refractivity contribution in [3.63, 3.8) is 0 Å². The number of anilines is 2. The van der Waals surface area contributed by atoms with E-state index in [1.807, 2.05) is 0 Å². The number of carbonyl (C=O) groups is 2. The van der Waals surface area contributed by atoms with Gasteiger partial charge in [0.15, 0.2) is 0 Å². The van der Waals surface area contributed by atoms with E-state index in [0.29, 0.717) is 0 Å². The first kappa shape index (κ1) is 19.6. The number of rotatable bonds is 5. The van der Waals surface area contributed by atoms with Gasteiger partial charge in [0.2, 0.25) is 11.8 Å². The van der Waals surface area contributed by atoms with Gasteiger partial charge in [-0.1, -0.05) is 13.2 Å². The zero-order valence-electron chi connectivity index (χ0n) is 11.3. The molecule has 0 atom stereocenters. The topological polar surface area (TPSA) is 115 Å². The third-order valence-electron chi connectivity index (χ3n) is 2.15. The standard InChI is InChI=1S/C12H12N2O5S.Na/c1-3-11(15)13-8-5-6-10(20(17,18)19)9(7-8)14-12(16)4-2;/h3-7H,1-2H2,(H,13,15)(H,14,16)(H,17,18,19);/q;+1/p-1. The molecule has 0 aliphatic heterocycles. The van der Waals surface area contributed by atoms with Crippen LogP contribution in [0, 0.1) is 0 Å². The maximum Gasteiger partial charge on any atom is 1.00 e. The second-order valence-corrected chi connectivity index (χ2v) is 4.90. The Labute approximate surface area is 144 Å². The summed E-state index contributed by atoms with van der Waals surface area (Å²) in [5.41, 5.74) is -0.0478. The van der Waals surface area contributed by atoms with Gasteiger partial charge in [0, 0.05) is 5.69 Å². The summed E-state index contributed by atoms with van der Waals surface area (Å²) in [4.78, 5) is 21.8. The molecule has 0 aromatic heterocycles. The van der Waals surface area contributed by atoms with E-state index in [0.717, 1.165) is 24.3 Å². The molecule has 0 radical (unpaired) electrons. The summed E-state index contributed by atoms with van der Waals surface area (Å²) in [5.74, 6) is -1.22. The Kier molecular flexibility index (Phi) is 7.55. The molecule has 0 spiro atoms. The van der Waals surface area contributed by atoms with Crippen molar-refractivity contribution < 1.29 is 52.1 Å². The Morgan fingerprint density at radius 1 is 1.10 bits per heavy atom. The summed E-state index contributed by atoms with van der Waals surface area (Å²) in [6.45, 7) is 6.47. The maximum absolute atomic E-state index is 11.2. The van der Waals surface area contributed by atoms with E-state index in [1.54, 1.807) is 0 Å². The number of amides is 2. The molecule has 2 amide bonds. The molecule has 0 saturated carbocycles. The number of benzene rings is 1. The molecule has 0 aliphatic carbocycles. The van der Waals surface area contributed by atoms with Gasteiger partial charge in [0.25, 0.3) is 0 Å². The molecular weight excluding hydrogens is 307 g/mol. The average molecular weight is 318 g/mol. The van der Waals surface area contributed by atoms with Gasteiger partial charge < -0.3 is 15.2 Å². The molecule has 0 bridgehead atoms. The Morgan fingerprint density at radius 2 is 1.62 bits per heavy atom. The van der Waals surface area contributed by atoms with Crippen LogP contribution in [0.25, 0.3) is 0 Å². The minimum absolute atomic E-state index is 0. The Bertz CT molecular complexity index is 685. The van der Waals surface area contributed by atoms with Crippen LogP contribution in [0.15, 0.2) is 48.4 Å². The van der Waals surface area contributed by atoms with Crippen LogP contribution in [0.1, 0.15) is 0 Å². The average Bonchev–Trinajstić information content (AvgIpc) is 2.37. The van der Waals surface area contributed by atoms with Gasteiger partial charge in [0.1, 0.15) is 10.1 Å². The fraction of sp³-hybridized carbons (Fsp3) is 0. The molecule has 0 saturated heterocycles. The van der Waals surface area contributed by atoms with Crippen molar-refractivity contribution >= 4 is 33.3 Å². The second-order valence-electron chi connectivity index (χ2n) is 3.55. The van der Waals surface area contributed by atoms with Gasteiger partial charge >= 0.3 is 29.6 Å². The Morgan fingerprint density at radius 3 is 2.10 bits per heavy atom. The molecule has 2 N–H and O–H groups in total. The molecule has 1 aromatic rings. The second kappa shape index (κ2) is 8.11. The number of carbonyl (C=O) groups excluding carboxylic acids is 2. The minimum Gasteiger partial charge on any atom is -0.744 e. The predicted octanol–water partition coefficient (Wildman–Crippen LogP) is -2.16. The van der Waals surface area contributed by atoms with Gasteiger partial charge in [-0.2, -0.15) is 0 Å². The summed E-state index contributed by atoms with van der Waals surface area (Å²) in [6.07, 6.45) is 1.93. The van der Waals surface area contributed by atoms with Crippen molar-refractivity contribution in [1.82, 2.24) is 0 Å². The van der Waals surface area contributed by atoms with Crippen LogP contribution in [0.4, 0.5) is 11.4 Å². The number of nitrogens with one attached hydrogen (secondary N) is 2. The maximum atomic E-state index is 11.2. The van der Waals surface area contributed by atoms with Crippen LogP contribution in [-0.2, 0) is 19.7 Å². The van der Waals surface area contributed by atoms with Crippen molar-refractivity contribution in [2.45, 2.75) is 4.90 Å². The fourth-order valence-electron chi connectivity index (χ4n) is 1.30. The molecule has 21 heavy (non-hydrogen) atoms. The van der Waals surface area contributed by atoms with Crippen molar-refractivity contribution in [2.75, 3.05) is 10.6 Å². The van der Waals surface area contributed by atoms with E-state index in [2.05, 4.69) is 23.8 Å². The quantitative estimate of drug-likeness (QED) is 0.365. The van der Waals surface area contributed by atoms with Crippen LogP contribution in [0.2, 0.25) is 0 Å². The third-order valence-corrected chi connectivity index (χ3v) is 3.04. The summed E-state index contributed by atoms with van der Waals surface area (Å²) < 4.78 is 33.2. The summed E-state index contributed by atoms with van der Waals surface area (Å²) in [6, 6.07) is 3.35. The van der Waals surface area contributed by atoms with Crippen LogP contribution in [0.5, 0.6) is 0 Å². The zero-order chi connectivity index (χ0) is 15.3. The molecule has 9 heteroatoms. The first-order valence-corrected chi connectivity index (χ1v) is 6.65. The zero-order valence-corrected chi connectivity index (χ0v) is 14.1. The van der Waals surface area contributed by atoms with Gasteiger partial charge in [-0.25, -0.2) is 8.42 Å². The summed E-state index contributed by atoms with van der Waals surface area (Å²) in [7, 11) is -4.77. The molecule has 0 heterocycles. The van der Waals surface area contributed by atoms with E-state index < -0.39 is 26.8 Å². The largest absolute Gasteiger partial charge is 1.00 e. The predicted molar refractivity (Wildman–Crippen MR) is 72.1 cm³/mol. The normalized spacial score (nSPS) is 9.95. The third kappa shape index (κ3) is 5.82. The van der Waals surface area contributed by atoms with Crippen molar-refractivity contribution in [3.05, 3.63) is 43.5 Å². The van der Waals surface area contributed by atoms with E-state index in [4.69, 9.17) is 0 Å². The number of hydrogen-bond acceptors (Lipinski definition) is 5. The number of hydrogen-bond donors (Lipinski definition) is 2. The molecule has 7 nitrogen and oxygen atoms in total. The molecular formula is C12H11N2NaO5S. The van der Waals surface area contributed by atoms with E-state index in [9.17, 15) is 22.6 Å². The van der Waals surface area contributed by atoms with Crippen molar-refractivity contribution in [3.8, 4) is 0 Å². The Balaban J connectivity index is 0.00000400. The van der Waals surface area contributed by atoms with Gasteiger partial charge in [-0.05, 0) is 30.4 Å². The van der Waals surface area contributed by atoms with Crippen LogP contribution < -0.4 is 40.2 Å². The van der Waals surface area contributed by atoms with Crippen LogP contribution in [0.3, 0.4) is 0 Å². The molecule has 1 aromatic carbocycles. The van der Waals surface area contributed by atoms with Gasteiger partial charge in [-0.3, -0.25) is 9.59 Å². The molecule has 0 fully saturated rings. The van der Waals surface area contributed by atoms with Gasteiger partial charge in [-0.15, -0.1) is 0 Å². The van der Waals surface area contributed by atoms with Crippen LogP contribution >= 0.6 is 0 Å². The molecule has 0 unspecified atom stereocenters. The summed E-state index contributed by atoms with van der Waals surface area (Å²) in [5, 5.41) is 4.56. The molecule has 1 rings (SSSR count). The first-order valence-electron chi connectivity index (χ1n) is 5.24. The van der Waals surface area contributed by atoms with Crippen LogP contribution in [-0.4, -0.2) is 24.8 Å². The smallest absolute Gasteiger partial charge is 0.744 e.